The Labute approximate surface area is 102 Å². The van der Waals surface area contributed by atoms with Gasteiger partial charge in [0.15, 0.2) is 0 Å². The van der Waals surface area contributed by atoms with Crippen LogP contribution in [0.1, 0.15) is 32.4 Å². The Morgan fingerprint density at radius 1 is 1.24 bits per heavy atom. The SMILES string of the molecule is CCN(C(C)c1ccc(F)cc1)S(=O)(=O)CC. The van der Waals surface area contributed by atoms with Gasteiger partial charge in [-0.15, -0.1) is 0 Å². The second-order valence-electron chi connectivity index (χ2n) is 3.83. The first-order valence-electron chi connectivity index (χ1n) is 5.67. The van der Waals surface area contributed by atoms with Crippen molar-refractivity contribution in [1.82, 2.24) is 4.31 Å². The van der Waals surface area contributed by atoms with Crippen LogP contribution in [-0.2, 0) is 10.0 Å². The van der Waals surface area contributed by atoms with Crippen LogP contribution >= 0.6 is 0 Å². The zero-order chi connectivity index (χ0) is 13.1. The monoisotopic (exact) mass is 259 g/mol. The average molecular weight is 259 g/mol. The van der Waals surface area contributed by atoms with Gasteiger partial charge in [-0.1, -0.05) is 19.1 Å². The van der Waals surface area contributed by atoms with Gasteiger partial charge in [-0.3, -0.25) is 0 Å². The van der Waals surface area contributed by atoms with Gasteiger partial charge in [-0.25, -0.2) is 12.8 Å². The Bertz CT molecular complexity index is 456. The molecule has 0 amide bonds. The summed E-state index contributed by atoms with van der Waals surface area (Å²) in [5.74, 6) is -0.242. The van der Waals surface area contributed by atoms with E-state index >= 15 is 0 Å². The number of nitrogens with zero attached hydrogens (tertiary/aromatic N) is 1. The fourth-order valence-electron chi connectivity index (χ4n) is 1.78. The zero-order valence-corrected chi connectivity index (χ0v) is 11.2. The number of halogens is 1. The summed E-state index contributed by atoms with van der Waals surface area (Å²) >= 11 is 0. The summed E-state index contributed by atoms with van der Waals surface area (Å²) in [4.78, 5) is 0. The Morgan fingerprint density at radius 3 is 2.18 bits per heavy atom. The largest absolute Gasteiger partial charge is 0.214 e. The highest BCUT2D eigenvalue weighted by atomic mass is 32.2. The lowest BCUT2D eigenvalue weighted by Crippen LogP contribution is -2.34. The molecule has 1 atom stereocenters. The number of benzene rings is 1. The molecule has 0 N–H and O–H groups in total. The maximum Gasteiger partial charge on any atom is 0.214 e. The highest BCUT2D eigenvalue weighted by Gasteiger charge is 2.24. The van der Waals surface area contributed by atoms with Crippen molar-refractivity contribution in [1.29, 1.82) is 0 Å². The Kier molecular flexibility index (Phi) is 4.65. The van der Waals surface area contributed by atoms with Crippen LogP contribution in [0.2, 0.25) is 0 Å². The summed E-state index contributed by atoms with van der Waals surface area (Å²) in [5.41, 5.74) is 0.797. The maximum atomic E-state index is 12.8. The molecule has 96 valence electrons. The van der Waals surface area contributed by atoms with E-state index in [1.807, 2.05) is 6.92 Å². The van der Waals surface area contributed by atoms with Crippen LogP contribution in [0.25, 0.3) is 0 Å². The van der Waals surface area contributed by atoms with Gasteiger partial charge in [-0.2, -0.15) is 4.31 Å². The molecule has 0 spiro atoms. The van der Waals surface area contributed by atoms with E-state index in [0.717, 1.165) is 5.56 Å². The van der Waals surface area contributed by atoms with Gasteiger partial charge < -0.3 is 0 Å². The lowest BCUT2D eigenvalue weighted by atomic mass is 10.1. The molecular formula is C12H18FNO2S. The van der Waals surface area contributed by atoms with Crippen molar-refractivity contribution < 1.29 is 12.8 Å². The molecule has 0 aromatic heterocycles. The molecule has 17 heavy (non-hydrogen) atoms. The molecule has 0 bridgehead atoms. The van der Waals surface area contributed by atoms with E-state index < -0.39 is 10.0 Å². The molecule has 1 rings (SSSR count). The Balaban J connectivity index is 3.02. The van der Waals surface area contributed by atoms with Crippen LogP contribution in [0.15, 0.2) is 24.3 Å². The van der Waals surface area contributed by atoms with Gasteiger partial charge in [-0.05, 0) is 31.5 Å². The third-order valence-electron chi connectivity index (χ3n) is 2.82. The lowest BCUT2D eigenvalue weighted by Gasteiger charge is -2.27. The minimum Gasteiger partial charge on any atom is -0.212 e. The van der Waals surface area contributed by atoms with Gasteiger partial charge in [0.05, 0.1) is 5.75 Å². The molecule has 0 aliphatic rings. The molecule has 1 aromatic carbocycles. The van der Waals surface area contributed by atoms with E-state index in [9.17, 15) is 12.8 Å². The van der Waals surface area contributed by atoms with Gasteiger partial charge in [0, 0.05) is 12.6 Å². The van der Waals surface area contributed by atoms with E-state index in [1.165, 1.54) is 16.4 Å². The van der Waals surface area contributed by atoms with Crippen molar-refractivity contribution in [3.8, 4) is 0 Å². The third kappa shape index (κ3) is 3.26. The van der Waals surface area contributed by atoms with E-state index in [1.54, 1.807) is 26.0 Å². The average Bonchev–Trinajstić information content (AvgIpc) is 2.30. The maximum absolute atomic E-state index is 12.8. The van der Waals surface area contributed by atoms with Crippen LogP contribution in [0.4, 0.5) is 4.39 Å². The number of hydrogen-bond acceptors (Lipinski definition) is 2. The van der Waals surface area contributed by atoms with Crippen LogP contribution < -0.4 is 0 Å². The summed E-state index contributed by atoms with van der Waals surface area (Å²) in [7, 11) is -3.23. The molecule has 0 aliphatic heterocycles. The van der Waals surface area contributed by atoms with Gasteiger partial charge in [0.25, 0.3) is 0 Å². The summed E-state index contributed by atoms with van der Waals surface area (Å²) in [5, 5.41) is 0. The molecule has 5 heteroatoms. The summed E-state index contributed by atoms with van der Waals surface area (Å²) in [6.07, 6.45) is 0. The first-order valence-corrected chi connectivity index (χ1v) is 7.28. The lowest BCUT2D eigenvalue weighted by molar-refractivity contribution is 0.357. The quantitative estimate of drug-likeness (QED) is 0.815. The van der Waals surface area contributed by atoms with Crippen LogP contribution in [0, 0.1) is 5.82 Å². The minimum absolute atomic E-state index is 0.0758. The zero-order valence-electron chi connectivity index (χ0n) is 10.4. The van der Waals surface area contributed by atoms with Crippen molar-refractivity contribution in [2.24, 2.45) is 0 Å². The van der Waals surface area contributed by atoms with Gasteiger partial charge >= 0.3 is 0 Å². The summed E-state index contributed by atoms with van der Waals surface area (Å²) < 4.78 is 38.0. The fraction of sp³-hybridized carbons (Fsp3) is 0.500. The van der Waals surface area contributed by atoms with Crippen molar-refractivity contribution in [3.05, 3.63) is 35.6 Å². The third-order valence-corrected chi connectivity index (χ3v) is 4.84. The predicted octanol–water partition coefficient (Wildman–Crippen LogP) is 2.56. The molecule has 0 fully saturated rings. The first-order chi connectivity index (χ1) is 7.92. The van der Waals surface area contributed by atoms with Crippen molar-refractivity contribution >= 4 is 10.0 Å². The number of sulfonamides is 1. The van der Waals surface area contributed by atoms with Crippen molar-refractivity contribution in [3.63, 3.8) is 0 Å². The molecule has 0 radical (unpaired) electrons. The molecule has 1 aromatic rings. The van der Waals surface area contributed by atoms with Crippen molar-refractivity contribution in [2.45, 2.75) is 26.8 Å². The van der Waals surface area contributed by atoms with Crippen LogP contribution in [0.5, 0.6) is 0 Å². The summed E-state index contributed by atoms with van der Waals surface area (Å²) in [6, 6.07) is 5.66. The summed E-state index contributed by atoms with van der Waals surface area (Å²) in [6.45, 7) is 5.64. The molecular weight excluding hydrogens is 241 g/mol. The second kappa shape index (κ2) is 5.60. The number of hydrogen-bond donors (Lipinski definition) is 0. The van der Waals surface area contributed by atoms with E-state index in [-0.39, 0.29) is 17.6 Å². The van der Waals surface area contributed by atoms with Gasteiger partial charge in [0.2, 0.25) is 10.0 Å². The van der Waals surface area contributed by atoms with E-state index in [4.69, 9.17) is 0 Å². The molecule has 3 nitrogen and oxygen atoms in total. The highest BCUT2D eigenvalue weighted by molar-refractivity contribution is 7.89. The fourth-order valence-corrected chi connectivity index (χ4v) is 3.11. The standard InChI is InChI=1S/C12H18FNO2S/c1-4-14(17(15,16)5-2)10(3)11-6-8-12(13)9-7-11/h6-10H,4-5H2,1-3H3. The van der Waals surface area contributed by atoms with Crippen LogP contribution in [0.3, 0.4) is 0 Å². The van der Waals surface area contributed by atoms with E-state index in [0.29, 0.717) is 6.54 Å². The highest BCUT2D eigenvalue weighted by Crippen LogP contribution is 2.23. The second-order valence-corrected chi connectivity index (χ2v) is 6.04. The Morgan fingerprint density at radius 2 is 1.76 bits per heavy atom. The normalized spacial score (nSPS) is 13.9. The smallest absolute Gasteiger partial charge is 0.212 e. The predicted molar refractivity (Wildman–Crippen MR) is 66.7 cm³/mol. The Hall–Kier alpha value is -0.940. The molecule has 0 heterocycles. The van der Waals surface area contributed by atoms with Gasteiger partial charge in [0.1, 0.15) is 5.82 Å². The molecule has 0 saturated heterocycles. The molecule has 0 aliphatic carbocycles. The topological polar surface area (TPSA) is 37.4 Å². The van der Waals surface area contributed by atoms with Crippen LogP contribution in [-0.4, -0.2) is 25.0 Å². The first kappa shape index (κ1) is 14.1. The molecule has 0 saturated carbocycles. The number of rotatable bonds is 5. The van der Waals surface area contributed by atoms with E-state index in [2.05, 4.69) is 0 Å². The van der Waals surface area contributed by atoms with Crippen molar-refractivity contribution in [2.75, 3.05) is 12.3 Å². The molecule has 1 unspecified atom stereocenters. The minimum atomic E-state index is -3.23.